The number of oxazole rings is 1. The Morgan fingerprint density at radius 1 is 1.11 bits per heavy atom. The van der Waals surface area contributed by atoms with Crippen molar-refractivity contribution in [3.8, 4) is 11.5 Å². The van der Waals surface area contributed by atoms with Crippen LogP contribution in [0.4, 0.5) is 18.0 Å². The zero-order valence-corrected chi connectivity index (χ0v) is 14.7. The van der Waals surface area contributed by atoms with Crippen molar-refractivity contribution >= 4 is 17.2 Å². The summed E-state index contributed by atoms with van der Waals surface area (Å²) < 4.78 is 43.9. The molecule has 3 aromatic rings. The van der Waals surface area contributed by atoms with Crippen LogP contribution in [-0.4, -0.2) is 34.2 Å². The van der Waals surface area contributed by atoms with Gasteiger partial charge in [-0.15, -0.1) is 0 Å². The number of alkyl halides is 3. The third kappa shape index (κ3) is 3.54. The Hall–Kier alpha value is -3.03. The number of piperidine rings is 1. The smallest absolute Gasteiger partial charge is 0.416 e. The Labute approximate surface area is 158 Å². The molecule has 146 valence electrons. The molecule has 1 fully saturated rings. The number of likely N-dealkylation sites (tertiary alicyclic amines) is 1. The van der Waals surface area contributed by atoms with E-state index in [0.29, 0.717) is 29.8 Å². The molecular formula is C20H17F3N2O3. The van der Waals surface area contributed by atoms with Crippen molar-refractivity contribution in [3.63, 3.8) is 0 Å². The van der Waals surface area contributed by atoms with Gasteiger partial charge in [0.25, 0.3) is 0 Å². The van der Waals surface area contributed by atoms with E-state index >= 15 is 0 Å². The normalized spacial score (nSPS) is 15.9. The second-order valence-corrected chi connectivity index (χ2v) is 6.87. The SMILES string of the molecule is O=C(O)N1CCC(c2ccc3nc(-c4ccc(C(F)(F)F)cc4)oc3c2)CC1. The highest BCUT2D eigenvalue weighted by Gasteiger charge is 2.30. The summed E-state index contributed by atoms with van der Waals surface area (Å²) in [5, 5.41) is 9.05. The van der Waals surface area contributed by atoms with Gasteiger partial charge in [0.15, 0.2) is 5.58 Å². The molecule has 0 saturated carbocycles. The first-order chi connectivity index (χ1) is 13.3. The van der Waals surface area contributed by atoms with Crippen molar-refractivity contribution in [1.29, 1.82) is 0 Å². The quantitative estimate of drug-likeness (QED) is 0.639. The second-order valence-electron chi connectivity index (χ2n) is 6.87. The number of amides is 1. The van der Waals surface area contributed by atoms with Crippen LogP contribution in [0.5, 0.6) is 0 Å². The largest absolute Gasteiger partial charge is 0.465 e. The van der Waals surface area contributed by atoms with Gasteiger partial charge >= 0.3 is 12.3 Å². The molecule has 5 nitrogen and oxygen atoms in total. The lowest BCUT2D eigenvalue weighted by Crippen LogP contribution is -2.36. The lowest BCUT2D eigenvalue weighted by Gasteiger charge is -2.30. The number of hydrogen-bond donors (Lipinski definition) is 1. The molecule has 1 aliphatic heterocycles. The van der Waals surface area contributed by atoms with Gasteiger partial charge in [0.1, 0.15) is 5.52 Å². The summed E-state index contributed by atoms with van der Waals surface area (Å²) in [6, 6.07) is 10.4. The van der Waals surface area contributed by atoms with Crippen LogP contribution >= 0.6 is 0 Å². The van der Waals surface area contributed by atoms with Gasteiger partial charge in [-0.3, -0.25) is 0 Å². The van der Waals surface area contributed by atoms with E-state index in [0.717, 1.165) is 30.5 Å². The highest BCUT2D eigenvalue weighted by atomic mass is 19.4. The number of fused-ring (bicyclic) bond motifs is 1. The summed E-state index contributed by atoms with van der Waals surface area (Å²) in [4.78, 5) is 16.8. The average Bonchev–Trinajstić information content (AvgIpc) is 3.11. The maximum absolute atomic E-state index is 12.7. The summed E-state index contributed by atoms with van der Waals surface area (Å²) in [6.07, 6.45) is -3.81. The topological polar surface area (TPSA) is 66.6 Å². The van der Waals surface area contributed by atoms with Crippen LogP contribution in [0.15, 0.2) is 46.9 Å². The number of halogens is 3. The molecule has 0 spiro atoms. The minimum atomic E-state index is -4.38. The predicted molar refractivity (Wildman–Crippen MR) is 96.0 cm³/mol. The molecule has 4 rings (SSSR count). The van der Waals surface area contributed by atoms with Gasteiger partial charge in [-0.1, -0.05) is 6.07 Å². The van der Waals surface area contributed by atoms with Crippen molar-refractivity contribution in [2.75, 3.05) is 13.1 Å². The highest BCUT2D eigenvalue weighted by molar-refractivity contribution is 5.77. The van der Waals surface area contributed by atoms with Crippen LogP contribution in [0.25, 0.3) is 22.6 Å². The summed E-state index contributed by atoms with van der Waals surface area (Å²) in [7, 11) is 0. The summed E-state index contributed by atoms with van der Waals surface area (Å²) >= 11 is 0. The van der Waals surface area contributed by atoms with Gasteiger partial charge < -0.3 is 14.4 Å². The molecule has 1 N–H and O–H groups in total. The van der Waals surface area contributed by atoms with Crippen molar-refractivity contribution in [2.24, 2.45) is 0 Å². The Bertz CT molecular complexity index is 1000. The lowest BCUT2D eigenvalue weighted by atomic mass is 9.89. The Balaban J connectivity index is 1.56. The van der Waals surface area contributed by atoms with Gasteiger partial charge in [-0.05, 0) is 60.7 Å². The van der Waals surface area contributed by atoms with Crippen LogP contribution in [0, 0.1) is 0 Å². The maximum Gasteiger partial charge on any atom is 0.416 e. The summed E-state index contributed by atoms with van der Waals surface area (Å²) in [5.74, 6) is 0.501. The Morgan fingerprint density at radius 3 is 2.39 bits per heavy atom. The molecule has 8 heteroatoms. The van der Waals surface area contributed by atoms with E-state index in [2.05, 4.69) is 4.98 Å². The molecule has 1 aliphatic rings. The first-order valence-corrected chi connectivity index (χ1v) is 8.87. The average molecular weight is 390 g/mol. The fraction of sp³-hybridized carbons (Fsp3) is 0.300. The fourth-order valence-corrected chi connectivity index (χ4v) is 3.52. The zero-order valence-electron chi connectivity index (χ0n) is 14.7. The van der Waals surface area contributed by atoms with Crippen molar-refractivity contribution in [3.05, 3.63) is 53.6 Å². The van der Waals surface area contributed by atoms with Crippen LogP contribution in [0.1, 0.15) is 29.9 Å². The van der Waals surface area contributed by atoms with Crippen LogP contribution in [0.3, 0.4) is 0 Å². The molecule has 2 heterocycles. The van der Waals surface area contributed by atoms with E-state index < -0.39 is 17.8 Å². The zero-order chi connectivity index (χ0) is 19.9. The second kappa shape index (κ2) is 6.85. The number of carboxylic acid groups (broad SMARTS) is 1. The minimum absolute atomic E-state index is 0.236. The molecule has 1 amide bonds. The van der Waals surface area contributed by atoms with Crippen molar-refractivity contribution in [1.82, 2.24) is 9.88 Å². The summed E-state index contributed by atoms with van der Waals surface area (Å²) in [6.45, 7) is 0.983. The molecule has 28 heavy (non-hydrogen) atoms. The number of nitrogens with zero attached hydrogens (tertiary/aromatic N) is 2. The van der Waals surface area contributed by atoms with Crippen LogP contribution in [-0.2, 0) is 6.18 Å². The van der Waals surface area contributed by atoms with E-state index in [1.54, 1.807) is 0 Å². The number of rotatable bonds is 2. The first kappa shape index (κ1) is 18.3. The van der Waals surface area contributed by atoms with Crippen molar-refractivity contribution in [2.45, 2.75) is 24.9 Å². The van der Waals surface area contributed by atoms with Crippen molar-refractivity contribution < 1.29 is 27.5 Å². The third-order valence-electron chi connectivity index (χ3n) is 5.11. The van der Waals surface area contributed by atoms with Gasteiger partial charge in [0.05, 0.1) is 5.56 Å². The number of hydrogen-bond acceptors (Lipinski definition) is 3. The molecule has 0 bridgehead atoms. The van der Waals surface area contributed by atoms with Gasteiger partial charge in [-0.25, -0.2) is 9.78 Å². The molecule has 1 aromatic heterocycles. The lowest BCUT2D eigenvalue weighted by molar-refractivity contribution is -0.137. The van der Waals surface area contributed by atoms with Gasteiger partial charge in [0, 0.05) is 18.7 Å². The predicted octanol–water partition coefficient (Wildman–Crippen LogP) is 5.37. The molecule has 0 radical (unpaired) electrons. The Kier molecular flexibility index (Phi) is 4.49. The molecular weight excluding hydrogens is 373 g/mol. The first-order valence-electron chi connectivity index (χ1n) is 8.87. The van der Waals surface area contributed by atoms with E-state index in [1.807, 2.05) is 18.2 Å². The molecule has 0 unspecified atom stereocenters. The highest BCUT2D eigenvalue weighted by Crippen LogP contribution is 2.33. The number of aromatic nitrogens is 1. The van der Waals surface area contributed by atoms with E-state index in [4.69, 9.17) is 9.52 Å². The van der Waals surface area contributed by atoms with Crippen LogP contribution in [0.2, 0.25) is 0 Å². The van der Waals surface area contributed by atoms with E-state index in [9.17, 15) is 18.0 Å². The summed E-state index contributed by atoms with van der Waals surface area (Å²) in [5.41, 5.74) is 1.99. The molecule has 2 aromatic carbocycles. The standard InChI is InChI=1S/C20H17F3N2O3/c21-20(22,23)15-4-1-13(2-5-15)18-24-16-6-3-14(11-17(16)28-18)12-7-9-25(10-8-12)19(26)27/h1-6,11-12H,7-10H2,(H,26,27). The maximum atomic E-state index is 12.7. The van der Waals surface area contributed by atoms with Gasteiger partial charge in [0.2, 0.25) is 5.89 Å². The van der Waals surface area contributed by atoms with Gasteiger partial charge in [-0.2, -0.15) is 13.2 Å². The van der Waals surface area contributed by atoms with Crippen LogP contribution < -0.4 is 0 Å². The molecule has 1 saturated heterocycles. The minimum Gasteiger partial charge on any atom is -0.465 e. The monoisotopic (exact) mass is 390 g/mol. The van der Waals surface area contributed by atoms with E-state index in [1.165, 1.54) is 17.0 Å². The molecule has 0 aliphatic carbocycles. The number of carbonyl (C=O) groups is 1. The Morgan fingerprint density at radius 2 is 1.79 bits per heavy atom. The fourth-order valence-electron chi connectivity index (χ4n) is 3.52. The number of benzene rings is 2. The third-order valence-corrected chi connectivity index (χ3v) is 5.11. The van der Waals surface area contributed by atoms with E-state index in [-0.39, 0.29) is 11.8 Å². The molecule has 0 atom stereocenters.